The van der Waals surface area contributed by atoms with Gasteiger partial charge in [0.25, 0.3) is 0 Å². The summed E-state index contributed by atoms with van der Waals surface area (Å²) < 4.78 is 26.0. The largest absolute Gasteiger partial charge is 0.389 e. The molecule has 3 saturated heterocycles. The number of nitrogens with zero attached hydrogens (tertiary/aromatic N) is 2. The molecule has 4 fully saturated rings. The van der Waals surface area contributed by atoms with Crippen LogP contribution in [0.3, 0.4) is 0 Å². The summed E-state index contributed by atoms with van der Waals surface area (Å²) in [4.78, 5) is 19.5. The molecule has 2 aromatic rings. The number of fused-ring (bicyclic) bond motifs is 1. The number of hydrogen-bond donors (Lipinski definition) is 2. The van der Waals surface area contributed by atoms with Crippen molar-refractivity contribution in [3.63, 3.8) is 0 Å². The standard InChI is InChI=1S/C27H34FN3O4/c1-26(16-35-15-23(26)32)31-6-2-17(3-7-31)20-10-18-12-24(29-14-19(18)11-22(20)28)30-25(33)21-13-27(21)4-8-34-9-5-27/h10-12,14,17,21,23,32H,2-9,13,15-16H2,1H3,(H,29,30,33). The van der Waals surface area contributed by atoms with Crippen molar-refractivity contribution in [3.8, 4) is 0 Å². The van der Waals surface area contributed by atoms with Crippen LogP contribution in [-0.4, -0.2) is 72.1 Å². The smallest absolute Gasteiger partial charge is 0.229 e. The first kappa shape index (κ1) is 23.3. The van der Waals surface area contributed by atoms with Crippen LogP contribution in [-0.2, 0) is 14.3 Å². The highest BCUT2D eigenvalue weighted by Crippen LogP contribution is 2.59. The molecule has 3 aliphatic heterocycles. The molecule has 4 heterocycles. The SMILES string of the molecule is CC1(N2CCC(c3cc4cc(NC(=O)C5CC56CCOCC6)ncc4cc3F)CC2)COCC1O. The minimum absolute atomic E-state index is 0.0278. The number of hydrogen-bond acceptors (Lipinski definition) is 6. The lowest BCUT2D eigenvalue weighted by atomic mass is 9.85. The Labute approximate surface area is 205 Å². The summed E-state index contributed by atoms with van der Waals surface area (Å²) >= 11 is 0. The molecule has 3 atom stereocenters. The molecule has 3 unspecified atom stereocenters. The molecular weight excluding hydrogens is 449 g/mol. The van der Waals surface area contributed by atoms with E-state index in [-0.39, 0.29) is 34.5 Å². The number of rotatable bonds is 4. The lowest BCUT2D eigenvalue weighted by molar-refractivity contribution is -0.118. The summed E-state index contributed by atoms with van der Waals surface area (Å²) in [5.74, 6) is 0.491. The second-order valence-electron chi connectivity index (χ2n) is 11.2. The Morgan fingerprint density at radius 2 is 1.94 bits per heavy atom. The predicted molar refractivity (Wildman–Crippen MR) is 130 cm³/mol. The topological polar surface area (TPSA) is 83.9 Å². The lowest BCUT2D eigenvalue weighted by Gasteiger charge is -2.43. The first-order valence-corrected chi connectivity index (χ1v) is 12.9. The Kier molecular flexibility index (Phi) is 5.83. The van der Waals surface area contributed by atoms with Crippen LogP contribution < -0.4 is 5.32 Å². The van der Waals surface area contributed by atoms with Crippen molar-refractivity contribution < 1.29 is 23.8 Å². The Bertz CT molecular complexity index is 1130. The fraction of sp³-hybridized carbons (Fsp3) is 0.630. The van der Waals surface area contributed by atoms with Gasteiger partial charge in [0.05, 0.1) is 24.9 Å². The lowest BCUT2D eigenvalue weighted by Crippen LogP contribution is -2.56. The van der Waals surface area contributed by atoms with Gasteiger partial charge in [0.1, 0.15) is 11.6 Å². The normalized spacial score (nSPS) is 31.2. The van der Waals surface area contributed by atoms with Gasteiger partial charge >= 0.3 is 0 Å². The van der Waals surface area contributed by atoms with Gasteiger partial charge in [-0.25, -0.2) is 9.37 Å². The predicted octanol–water partition coefficient (Wildman–Crippen LogP) is 3.46. The molecule has 0 bridgehead atoms. The number of ether oxygens (including phenoxy) is 2. The van der Waals surface area contributed by atoms with Gasteiger partial charge in [0, 0.05) is 30.7 Å². The van der Waals surface area contributed by atoms with Gasteiger partial charge in [-0.1, -0.05) is 0 Å². The number of aliphatic hydroxyl groups is 1. The molecule has 7 nitrogen and oxygen atoms in total. The van der Waals surface area contributed by atoms with Crippen LogP contribution in [0.25, 0.3) is 10.8 Å². The van der Waals surface area contributed by atoms with Crippen molar-refractivity contribution >= 4 is 22.5 Å². The summed E-state index contributed by atoms with van der Waals surface area (Å²) in [6, 6.07) is 5.34. The molecule has 1 spiro atoms. The van der Waals surface area contributed by atoms with Crippen molar-refractivity contribution in [2.75, 3.05) is 44.8 Å². The molecule has 35 heavy (non-hydrogen) atoms. The zero-order valence-corrected chi connectivity index (χ0v) is 20.3. The number of nitrogens with one attached hydrogen (secondary N) is 1. The maximum atomic E-state index is 15.1. The average Bonchev–Trinajstić information content (AvgIpc) is 3.44. The van der Waals surface area contributed by atoms with Gasteiger partial charge < -0.3 is 19.9 Å². The van der Waals surface area contributed by atoms with E-state index >= 15 is 4.39 Å². The molecule has 1 aromatic heterocycles. The molecule has 1 amide bonds. The first-order valence-electron chi connectivity index (χ1n) is 12.9. The second kappa shape index (κ2) is 8.76. The Balaban J connectivity index is 1.15. The monoisotopic (exact) mass is 483 g/mol. The van der Waals surface area contributed by atoms with E-state index in [4.69, 9.17) is 9.47 Å². The first-order chi connectivity index (χ1) is 16.9. The number of pyridine rings is 1. The van der Waals surface area contributed by atoms with E-state index in [0.29, 0.717) is 19.0 Å². The molecule has 188 valence electrons. The molecular formula is C27H34FN3O4. The maximum absolute atomic E-state index is 15.1. The third kappa shape index (κ3) is 4.14. The number of amides is 1. The van der Waals surface area contributed by atoms with Crippen LogP contribution in [0.4, 0.5) is 10.2 Å². The van der Waals surface area contributed by atoms with Crippen molar-refractivity contribution in [3.05, 3.63) is 35.8 Å². The summed E-state index contributed by atoms with van der Waals surface area (Å²) in [5.41, 5.74) is 0.468. The number of anilines is 1. The number of halogens is 1. The highest BCUT2D eigenvalue weighted by Gasteiger charge is 2.58. The second-order valence-corrected chi connectivity index (χ2v) is 11.2. The van der Waals surface area contributed by atoms with Gasteiger partial charge in [-0.15, -0.1) is 0 Å². The minimum atomic E-state index is -0.491. The van der Waals surface area contributed by atoms with E-state index in [0.717, 1.165) is 74.7 Å². The number of aromatic nitrogens is 1. The summed E-state index contributed by atoms with van der Waals surface area (Å²) in [6.45, 7) is 6.02. The average molecular weight is 484 g/mol. The molecule has 1 aromatic carbocycles. The molecule has 4 aliphatic rings. The fourth-order valence-electron chi connectivity index (χ4n) is 6.48. The number of piperidine rings is 1. The molecule has 0 radical (unpaired) electrons. The number of likely N-dealkylation sites (tertiary alicyclic amines) is 1. The number of carbonyl (C=O) groups is 1. The summed E-state index contributed by atoms with van der Waals surface area (Å²) in [7, 11) is 0. The zero-order chi connectivity index (χ0) is 24.2. The van der Waals surface area contributed by atoms with Crippen LogP contribution in [0.1, 0.15) is 50.5 Å². The number of benzene rings is 1. The van der Waals surface area contributed by atoms with Gasteiger partial charge in [-0.3, -0.25) is 9.69 Å². The van der Waals surface area contributed by atoms with Gasteiger partial charge in [-0.2, -0.15) is 0 Å². The van der Waals surface area contributed by atoms with E-state index in [1.165, 1.54) is 0 Å². The van der Waals surface area contributed by atoms with Crippen molar-refractivity contribution in [2.45, 2.75) is 56.6 Å². The van der Waals surface area contributed by atoms with Gasteiger partial charge in [0.2, 0.25) is 5.91 Å². The van der Waals surface area contributed by atoms with Crippen LogP contribution in [0.15, 0.2) is 24.4 Å². The number of aliphatic hydroxyl groups excluding tert-OH is 1. The van der Waals surface area contributed by atoms with Gasteiger partial charge in [-0.05, 0) is 92.6 Å². The summed E-state index contributed by atoms with van der Waals surface area (Å²) in [5, 5.41) is 15.0. The van der Waals surface area contributed by atoms with E-state index in [1.54, 1.807) is 12.3 Å². The highest BCUT2D eigenvalue weighted by molar-refractivity contribution is 5.96. The van der Waals surface area contributed by atoms with Crippen LogP contribution in [0.5, 0.6) is 0 Å². The van der Waals surface area contributed by atoms with Crippen molar-refractivity contribution in [1.29, 1.82) is 0 Å². The molecule has 1 saturated carbocycles. The third-order valence-electron chi connectivity index (χ3n) is 9.13. The van der Waals surface area contributed by atoms with Gasteiger partial charge in [0.15, 0.2) is 0 Å². The zero-order valence-electron chi connectivity index (χ0n) is 20.3. The van der Waals surface area contributed by atoms with Crippen LogP contribution in [0, 0.1) is 17.2 Å². The molecule has 2 N–H and O–H groups in total. The molecule has 8 heteroatoms. The van der Waals surface area contributed by atoms with E-state index < -0.39 is 6.10 Å². The minimum Gasteiger partial charge on any atom is -0.389 e. The van der Waals surface area contributed by atoms with Crippen LogP contribution >= 0.6 is 0 Å². The van der Waals surface area contributed by atoms with Crippen LogP contribution in [0.2, 0.25) is 0 Å². The Hall–Kier alpha value is -2.13. The van der Waals surface area contributed by atoms with Crippen molar-refractivity contribution in [1.82, 2.24) is 9.88 Å². The summed E-state index contributed by atoms with van der Waals surface area (Å²) in [6.07, 6.45) is 5.62. The third-order valence-corrected chi connectivity index (χ3v) is 9.13. The quantitative estimate of drug-likeness (QED) is 0.693. The highest BCUT2D eigenvalue weighted by atomic mass is 19.1. The van der Waals surface area contributed by atoms with E-state index in [9.17, 15) is 9.90 Å². The van der Waals surface area contributed by atoms with E-state index in [1.807, 2.05) is 12.1 Å². The molecule has 1 aliphatic carbocycles. The van der Waals surface area contributed by atoms with E-state index in [2.05, 4.69) is 22.1 Å². The van der Waals surface area contributed by atoms with Crippen molar-refractivity contribution in [2.24, 2.45) is 11.3 Å². The fourth-order valence-corrected chi connectivity index (χ4v) is 6.48. The Morgan fingerprint density at radius 3 is 2.66 bits per heavy atom. The molecule has 6 rings (SSSR count). The Morgan fingerprint density at radius 1 is 1.17 bits per heavy atom. The maximum Gasteiger partial charge on any atom is 0.229 e. The number of carbonyl (C=O) groups excluding carboxylic acids is 1.